The zero-order valence-corrected chi connectivity index (χ0v) is 15.0. The fourth-order valence-corrected chi connectivity index (χ4v) is 5.11. The van der Waals surface area contributed by atoms with Crippen LogP contribution in [0.5, 0.6) is 0 Å². The SMILES string of the molecule is NC(=O)c1cccc2c1CCN2c1cc([SH]2C=CC(C(F)(F)F)=C2)ccn1. The van der Waals surface area contributed by atoms with Gasteiger partial charge in [-0.2, -0.15) is 24.1 Å². The van der Waals surface area contributed by atoms with Gasteiger partial charge in [0, 0.05) is 24.0 Å². The number of anilines is 2. The monoisotopic (exact) mass is 391 g/mol. The molecule has 2 aromatic rings. The molecule has 0 saturated heterocycles. The molecule has 2 N–H and O–H groups in total. The molecule has 2 aliphatic rings. The third-order valence-electron chi connectivity index (χ3n) is 4.62. The number of fused-ring (bicyclic) bond motifs is 1. The van der Waals surface area contributed by atoms with Crippen molar-refractivity contribution in [3.05, 3.63) is 70.1 Å². The average molecular weight is 391 g/mol. The molecule has 140 valence electrons. The fourth-order valence-electron chi connectivity index (χ4n) is 3.34. The van der Waals surface area contributed by atoms with Crippen molar-refractivity contribution in [2.45, 2.75) is 17.5 Å². The minimum absolute atomic E-state index is 0.472. The molecule has 0 radical (unpaired) electrons. The van der Waals surface area contributed by atoms with Gasteiger partial charge in [-0.1, -0.05) is 6.07 Å². The highest BCUT2D eigenvalue weighted by Crippen LogP contribution is 2.48. The number of carbonyl (C=O) groups is 1. The zero-order valence-electron chi connectivity index (χ0n) is 14.1. The number of aromatic nitrogens is 1. The number of pyridine rings is 1. The Balaban J connectivity index is 1.67. The first kappa shape index (κ1) is 17.7. The Morgan fingerprint density at radius 3 is 2.78 bits per heavy atom. The molecule has 0 fully saturated rings. The number of alkyl halides is 3. The smallest absolute Gasteiger partial charge is 0.366 e. The van der Waals surface area contributed by atoms with E-state index in [0.29, 0.717) is 24.3 Å². The van der Waals surface area contributed by atoms with Crippen molar-refractivity contribution >= 4 is 28.3 Å². The predicted molar refractivity (Wildman–Crippen MR) is 100 cm³/mol. The molecule has 1 atom stereocenters. The normalized spacial score (nSPS) is 19.9. The van der Waals surface area contributed by atoms with E-state index in [9.17, 15) is 18.0 Å². The van der Waals surface area contributed by atoms with Gasteiger partial charge >= 0.3 is 6.18 Å². The molecule has 2 aliphatic heterocycles. The van der Waals surface area contributed by atoms with Gasteiger partial charge in [0.05, 0.1) is 5.57 Å². The van der Waals surface area contributed by atoms with Crippen molar-refractivity contribution < 1.29 is 18.0 Å². The van der Waals surface area contributed by atoms with Crippen LogP contribution in [0.3, 0.4) is 0 Å². The Morgan fingerprint density at radius 2 is 2.07 bits per heavy atom. The Hall–Kier alpha value is -2.74. The van der Waals surface area contributed by atoms with Crippen LogP contribution < -0.4 is 10.6 Å². The third-order valence-corrected chi connectivity index (χ3v) is 6.52. The first-order valence-electron chi connectivity index (χ1n) is 8.25. The molecular weight excluding hydrogens is 375 g/mol. The summed E-state index contributed by atoms with van der Waals surface area (Å²) in [6.07, 6.45) is -0.929. The first-order chi connectivity index (χ1) is 12.8. The van der Waals surface area contributed by atoms with Crippen molar-refractivity contribution in [3.63, 3.8) is 0 Å². The molecule has 3 heterocycles. The summed E-state index contributed by atoms with van der Waals surface area (Å²) in [5.41, 5.74) is 7.07. The second kappa shape index (κ2) is 6.45. The second-order valence-corrected chi connectivity index (χ2v) is 8.13. The highest BCUT2D eigenvalue weighted by atomic mass is 32.2. The van der Waals surface area contributed by atoms with Crippen LogP contribution >= 0.6 is 10.9 Å². The number of carbonyl (C=O) groups excluding carboxylic acids is 1. The maximum Gasteiger partial charge on any atom is 0.416 e. The van der Waals surface area contributed by atoms with Crippen molar-refractivity contribution in [1.29, 1.82) is 0 Å². The summed E-state index contributed by atoms with van der Waals surface area (Å²) in [7, 11) is -1.16. The maximum absolute atomic E-state index is 12.9. The number of hydrogen-bond donors (Lipinski definition) is 2. The molecule has 27 heavy (non-hydrogen) atoms. The lowest BCUT2D eigenvalue weighted by molar-refractivity contribution is -0.0878. The van der Waals surface area contributed by atoms with Crippen LogP contribution in [0.15, 0.2) is 63.9 Å². The molecule has 4 rings (SSSR count). The van der Waals surface area contributed by atoms with Crippen LogP contribution in [0, 0.1) is 0 Å². The Labute approximate surface area is 156 Å². The molecule has 4 nitrogen and oxygen atoms in total. The quantitative estimate of drug-likeness (QED) is 0.771. The lowest BCUT2D eigenvalue weighted by Crippen LogP contribution is -2.15. The minimum atomic E-state index is -4.33. The minimum Gasteiger partial charge on any atom is -0.366 e. The first-order valence-corrected chi connectivity index (χ1v) is 9.73. The van der Waals surface area contributed by atoms with Gasteiger partial charge in [-0.05, 0) is 58.0 Å². The molecule has 0 aliphatic carbocycles. The number of allylic oxidation sites excluding steroid dienone is 2. The number of primary amides is 1. The third kappa shape index (κ3) is 3.21. The Bertz CT molecular complexity index is 984. The van der Waals surface area contributed by atoms with Crippen LogP contribution in [-0.4, -0.2) is 23.6 Å². The highest BCUT2D eigenvalue weighted by Gasteiger charge is 2.34. The van der Waals surface area contributed by atoms with Crippen LogP contribution in [0.4, 0.5) is 24.7 Å². The van der Waals surface area contributed by atoms with Crippen LogP contribution in [-0.2, 0) is 6.42 Å². The summed E-state index contributed by atoms with van der Waals surface area (Å²) in [6.45, 7) is 0.632. The molecule has 1 amide bonds. The average Bonchev–Trinajstić information content (AvgIpc) is 3.28. The molecular formula is C19H16F3N3OS. The van der Waals surface area contributed by atoms with Crippen molar-refractivity contribution in [2.24, 2.45) is 5.73 Å². The van der Waals surface area contributed by atoms with Gasteiger partial charge in [0.1, 0.15) is 5.82 Å². The van der Waals surface area contributed by atoms with E-state index >= 15 is 0 Å². The van der Waals surface area contributed by atoms with Crippen molar-refractivity contribution in [1.82, 2.24) is 4.98 Å². The number of hydrogen-bond acceptors (Lipinski definition) is 3. The summed E-state index contributed by atoms with van der Waals surface area (Å²) in [6, 6.07) is 8.92. The number of halogens is 3. The summed E-state index contributed by atoms with van der Waals surface area (Å²) >= 11 is 0. The molecule has 1 aromatic carbocycles. The van der Waals surface area contributed by atoms with Gasteiger partial charge in [0.2, 0.25) is 5.91 Å². The molecule has 0 spiro atoms. The largest absolute Gasteiger partial charge is 0.416 e. The van der Waals surface area contributed by atoms with Crippen LogP contribution in [0.1, 0.15) is 15.9 Å². The number of thiol groups is 1. The maximum atomic E-state index is 12.9. The lowest BCUT2D eigenvalue weighted by atomic mass is 10.0. The lowest BCUT2D eigenvalue weighted by Gasteiger charge is -2.20. The van der Waals surface area contributed by atoms with Crippen LogP contribution in [0.2, 0.25) is 0 Å². The van der Waals surface area contributed by atoms with Crippen molar-refractivity contribution in [3.8, 4) is 0 Å². The summed E-state index contributed by atoms with van der Waals surface area (Å²) in [5, 5.41) is 2.87. The summed E-state index contributed by atoms with van der Waals surface area (Å²) in [4.78, 5) is 18.8. The van der Waals surface area contributed by atoms with E-state index in [4.69, 9.17) is 5.73 Å². The van der Waals surface area contributed by atoms with E-state index < -0.39 is 28.6 Å². The van der Waals surface area contributed by atoms with Crippen LogP contribution in [0.25, 0.3) is 0 Å². The number of nitrogens with zero attached hydrogens (tertiary/aromatic N) is 2. The van der Waals surface area contributed by atoms with Gasteiger partial charge < -0.3 is 10.6 Å². The number of benzene rings is 1. The number of rotatable bonds is 3. The van der Waals surface area contributed by atoms with Gasteiger partial charge in [-0.3, -0.25) is 4.79 Å². The summed E-state index contributed by atoms with van der Waals surface area (Å²) < 4.78 is 38.6. The summed E-state index contributed by atoms with van der Waals surface area (Å²) in [5.74, 6) is 0.178. The predicted octanol–water partition coefficient (Wildman–Crippen LogP) is 4.21. The topological polar surface area (TPSA) is 59.2 Å². The van der Waals surface area contributed by atoms with Gasteiger partial charge in [-0.15, -0.1) is 0 Å². The van der Waals surface area contributed by atoms with Gasteiger partial charge in [0.25, 0.3) is 0 Å². The Morgan fingerprint density at radius 1 is 1.26 bits per heavy atom. The second-order valence-electron chi connectivity index (χ2n) is 6.25. The highest BCUT2D eigenvalue weighted by molar-refractivity contribution is 8.22. The van der Waals surface area contributed by atoms with E-state index in [-0.39, 0.29) is 0 Å². The van der Waals surface area contributed by atoms with Gasteiger partial charge in [0.15, 0.2) is 0 Å². The van der Waals surface area contributed by atoms with Crippen molar-refractivity contribution in [2.75, 3.05) is 11.4 Å². The fraction of sp³-hybridized carbons (Fsp3) is 0.158. The van der Waals surface area contributed by atoms with E-state index in [1.807, 2.05) is 17.0 Å². The standard InChI is InChI=1S/C19H16F3N3OS/c20-19(21,22)12-6-9-27(11-12)13-4-7-24-17(10-13)25-8-5-14-15(18(23)26)2-1-3-16(14)25/h1-4,6-7,9-11,27H,5,8H2,(H2,23,26). The van der Waals surface area contributed by atoms with E-state index in [0.717, 1.165) is 22.2 Å². The molecule has 1 unspecified atom stereocenters. The number of nitrogens with two attached hydrogens (primary N) is 1. The molecule has 0 saturated carbocycles. The van der Waals surface area contributed by atoms with E-state index in [1.165, 1.54) is 5.41 Å². The molecule has 8 heteroatoms. The van der Waals surface area contributed by atoms with E-state index in [1.54, 1.807) is 29.8 Å². The van der Waals surface area contributed by atoms with E-state index in [2.05, 4.69) is 4.98 Å². The Kier molecular flexibility index (Phi) is 4.22. The zero-order chi connectivity index (χ0) is 19.2. The van der Waals surface area contributed by atoms with Gasteiger partial charge in [-0.25, -0.2) is 4.98 Å². The molecule has 0 bridgehead atoms. The molecule has 1 aromatic heterocycles. The number of amides is 1.